The van der Waals surface area contributed by atoms with Gasteiger partial charge in [-0.15, -0.1) is 0 Å². The van der Waals surface area contributed by atoms with E-state index in [1.54, 1.807) is 0 Å². The van der Waals surface area contributed by atoms with Crippen LogP contribution in [0.15, 0.2) is 46.9 Å². The van der Waals surface area contributed by atoms with Crippen LogP contribution in [-0.4, -0.2) is 13.2 Å². The van der Waals surface area contributed by atoms with Crippen molar-refractivity contribution in [3.8, 4) is 5.75 Å². The maximum absolute atomic E-state index is 5.80. The lowest BCUT2D eigenvalue weighted by molar-refractivity contribution is 0.333. The summed E-state index contributed by atoms with van der Waals surface area (Å²) in [7, 11) is 0. The van der Waals surface area contributed by atoms with Crippen LogP contribution in [0.2, 0.25) is 0 Å². The Balaban J connectivity index is 2.46. The fourth-order valence-corrected chi connectivity index (χ4v) is 3.04. The van der Waals surface area contributed by atoms with E-state index in [2.05, 4.69) is 81.1 Å². The lowest BCUT2D eigenvalue weighted by Gasteiger charge is -2.22. The van der Waals surface area contributed by atoms with Gasteiger partial charge in [0.05, 0.1) is 12.6 Å². The molecule has 0 aliphatic rings. The molecule has 1 atom stereocenters. The van der Waals surface area contributed by atoms with Gasteiger partial charge >= 0.3 is 0 Å². The quantitative estimate of drug-likeness (QED) is 0.603. The first-order valence-corrected chi connectivity index (χ1v) is 8.94. The van der Waals surface area contributed by atoms with Crippen molar-refractivity contribution < 1.29 is 4.74 Å². The summed E-state index contributed by atoms with van der Waals surface area (Å²) < 4.78 is 8.11. The molecule has 112 valence electrons. The average molecular weight is 460 g/mol. The van der Waals surface area contributed by atoms with Crippen LogP contribution in [0.4, 0.5) is 0 Å². The van der Waals surface area contributed by atoms with E-state index in [9.17, 15) is 0 Å². The maximum Gasteiger partial charge on any atom is 0.124 e. The Labute approximate surface area is 148 Å². The van der Waals surface area contributed by atoms with Gasteiger partial charge in [0.15, 0.2) is 0 Å². The van der Waals surface area contributed by atoms with Gasteiger partial charge in [-0.05, 0) is 72.0 Å². The molecule has 0 saturated heterocycles. The van der Waals surface area contributed by atoms with Gasteiger partial charge in [0, 0.05) is 13.6 Å². The second-order valence-corrected chi connectivity index (χ2v) is 6.82. The minimum absolute atomic E-state index is 0.131. The van der Waals surface area contributed by atoms with E-state index < -0.39 is 0 Å². The summed E-state index contributed by atoms with van der Waals surface area (Å²) in [6.45, 7) is 5.70. The Kier molecular flexibility index (Phi) is 6.51. The van der Waals surface area contributed by atoms with Crippen molar-refractivity contribution >= 4 is 38.5 Å². The molecular formula is C17H19BrINO. The second-order valence-electron chi connectivity index (χ2n) is 4.66. The summed E-state index contributed by atoms with van der Waals surface area (Å²) >= 11 is 5.90. The molecule has 0 aliphatic heterocycles. The van der Waals surface area contributed by atoms with Crippen LogP contribution in [0, 0.1) is 3.57 Å². The summed E-state index contributed by atoms with van der Waals surface area (Å²) in [5, 5.41) is 3.56. The molecule has 2 rings (SSSR count). The van der Waals surface area contributed by atoms with Gasteiger partial charge in [0.25, 0.3) is 0 Å². The molecule has 0 bridgehead atoms. The molecule has 21 heavy (non-hydrogen) atoms. The molecule has 0 spiro atoms. The summed E-state index contributed by atoms with van der Waals surface area (Å²) in [6, 6.07) is 14.9. The maximum atomic E-state index is 5.80. The topological polar surface area (TPSA) is 21.3 Å². The molecule has 1 unspecified atom stereocenters. The third kappa shape index (κ3) is 4.44. The highest BCUT2D eigenvalue weighted by Crippen LogP contribution is 2.33. The minimum atomic E-state index is 0.131. The highest BCUT2D eigenvalue weighted by Gasteiger charge is 2.18. The number of ether oxygens (including phenoxy) is 1. The third-order valence-electron chi connectivity index (χ3n) is 3.19. The van der Waals surface area contributed by atoms with E-state index in [0.717, 1.165) is 22.3 Å². The number of rotatable bonds is 6. The largest absolute Gasteiger partial charge is 0.494 e. The van der Waals surface area contributed by atoms with Crippen LogP contribution in [0.1, 0.15) is 31.0 Å². The van der Waals surface area contributed by atoms with E-state index in [0.29, 0.717) is 6.61 Å². The van der Waals surface area contributed by atoms with E-state index in [-0.39, 0.29) is 6.04 Å². The van der Waals surface area contributed by atoms with E-state index in [4.69, 9.17) is 4.74 Å². The molecule has 1 N–H and O–H groups in total. The van der Waals surface area contributed by atoms with Crippen molar-refractivity contribution in [3.05, 3.63) is 61.6 Å². The SMILES string of the molecule is CCNC(c1ccc(I)cc1)c1cc(Br)ccc1OCC. The standard InChI is InChI=1S/C17H19BrINO/c1-3-20-17(12-5-8-14(19)9-6-12)15-11-13(18)7-10-16(15)21-4-2/h5-11,17,20H,3-4H2,1-2H3. The number of benzene rings is 2. The molecule has 4 heteroatoms. The molecule has 0 saturated carbocycles. The van der Waals surface area contributed by atoms with E-state index in [1.165, 1.54) is 9.13 Å². The van der Waals surface area contributed by atoms with Crippen LogP contribution in [-0.2, 0) is 0 Å². The Morgan fingerprint density at radius 3 is 2.48 bits per heavy atom. The van der Waals surface area contributed by atoms with Gasteiger partial charge in [0.2, 0.25) is 0 Å². The number of nitrogens with one attached hydrogen (secondary N) is 1. The highest BCUT2D eigenvalue weighted by molar-refractivity contribution is 14.1. The van der Waals surface area contributed by atoms with Crippen LogP contribution >= 0.6 is 38.5 Å². The van der Waals surface area contributed by atoms with Gasteiger partial charge < -0.3 is 10.1 Å². The molecule has 0 heterocycles. The van der Waals surface area contributed by atoms with Crippen molar-refractivity contribution in [3.63, 3.8) is 0 Å². The Morgan fingerprint density at radius 1 is 1.14 bits per heavy atom. The Hall–Kier alpha value is -0.590. The summed E-state index contributed by atoms with van der Waals surface area (Å²) in [5.74, 6) is 0.935. The second kappa shape index (κ2) is 8.15. The summed E-state index contributed by atoms with van der Waals surface area (Å²) in [6.07, 6.45) is 0. The van der Waals surface area contributed by atoms with Gasteiger partial charge in [-0.25, -0.2) is 0 Å². The van der Waals surface area contributed by atoms with Gasteiger partial charge in [0.1, 0.15) is 5.75 Å². The fraction of sp³-hybridized carbons (Fsp3) is 0.294. The molecule has 0 aromatic heterocycles. The van der Waals surface area contributed by atoms with Crippen LogP contribution in [0.3, 0.4) is 0 Å². The van der Waals surface area contributed by atoms with Gasteiger partial charge in [-0.2, -0.15) is 0 Å². The highest BCUT2D eigenvalue weighted by atomic mass is 127. The van der Waals surface area contributed by atoms with Crippen LogP contribution in [0.5, 0.6) is 5.75 Å². The van der Waals surface area contributed by atoms with Crippen molar-refractivity contribution in [2.75, 3.05) is 13.2 Å². The van der Waals surface area contributed by atoms with Crippen molar-refractivity contribution in [1.82, 2.24) is 5.32 Å². The Bertz CT molecular complexity index is 586. The minimum Gasteiger partial charge on any atom is -0.494 e. The molecule has 0 amide bonds. The zero-order chi connectivity index (χ0) is 15.2. The Morgan fingerprint density at radius 2 is 1.86 bits per heavy atom. The number of hydrogen-bond acceptors (Lipinski definition) is 2. The first kappa shape index (κ1) is 16.8. The zero-order valence-electron chi connectivity index (χ0n) is 12.2. The third-order valence-corrected chi connectivity index (χ3v) is 4.41. The molecule has 2 aromatic carbocycles. The van der Waals surface area contributed by atoms with Crippen LogP contribution < -0.4 is 10.1 Å². The predicted molar refractivity (Wildman–Crippen MR) is 100.0 cm³/mol. The van der Waals surface area contributed by atoms with Crippen molar-refractivity contribution in [2.45, 2.75) is 19.9 Å². The monoisotopic (exact) mass is 459 g/mol. The number of hydrogen-bond donors (Lipinski definition) is 1. The lowest BCUT2D eigenvalue weighted by atomic mass is 9.98. The summed E-state index contributed by atoms with van der Waals surface area (Å²) in [5.41, 5.74) is 2.41. The first-order valence-electron chi connectivity index (χ1n) is 7.06. The van der Waals surface area contributed by atoms with Gasteiger partial charge in [-0.3, -0.25) is 0 Å². The molecule has 0 aliphatic carbocycles. The van der Waals surface area contributed by atoms with Crippen molar-refractivity contribution in [2.24, 2.45) is 0 Å². The average Bonchev–Trinajstić information content (AvgIpc) is 2.48. The van der Waals surface area contributed by atoms with Gasteiger partial charge in [-0.1, -0.05) is 35.0 Å². The predicted octanol–water partition coefficient (Wildman–Crippen LogP) is 5.15. The van der Waals surface area contributed by atoms with E-state index in [1.807, 2.05) is 19.1 Å². The van der Waals surface area contributed by atoms with Crippen LogP contribution in [0.25, 0.3) is 0 Å². The smallest absolute Gasteiger partial charge is 0.124 e. The molecule has 2 aromatic rings. The molecule has 0 fully saturated rings. The van der Waals surface area contributed by atoms with E-state index >= 15 is 0 Å². The molecule has 0 radical (unpaired) electrons. The molecular weight excluding hydrogens is 441 g/mol. The molecule has 2 nitrogen and oxygen atoms in total. The number of halogens is 2. The normalized spacial score (nSPS) is 12.2. The first-order chi connectivity index (χ1) is 10.2. The summed E-state index contributed by atoms with van der Waals surface area (Å²) in [4.78, 5) is 0. The van der Waals surface area contributed by atoms with Crippen molar-refractivity contribution in [1.29, 1.82) is 0 Å². The lowest BCUT2D eigenvalue weighted by Crippen LogP contribution is -2.22. The zero-order valence-corrected chi connectivity index (χ0v) is 15.9. The fourth-order valence-electron chi connectivity index (χ4n) is 2.30.